The number of unbranched alkanes of at least 4 members (excludes halogenated alkanes) is 2. The summed E-state index contributed by atoms with van der Waals surface area (Å²) in [4.78, 5) is 131. The van der Waals surface area contributed by atoms with E-state index >= 15 is 0 Å². The minimum absolute atomic E-state index is 0.0862. The monoisotopic (exact) mass is 1390 g/mol. The van der Waals surface area contributed by atoms with Crippen molar-refractivity contribution in [1.82, 2.24) is 45.8 Å². The number of amides is 9. The summed E-state index contributed by atoms with van der Waals surface area (Å²) in [5.74, 6) is -6.24. The molecule has 2 saturated heterocycles. The molecule has 0 spiro atoms. The first-order valence-electron chi connectivity index (χ1n) is 35.5. The number of hydrogen-bond acceptors (Lipinski definition) is 15. The van der Waals surface area contributed by atoms with E-state index in [9.17, 15) is 61.4 Å². The number of nitrogens with one attached hydrogen (secondary N) is 5. The van der Waals surface area contributed by atoms with E-state index in [4.69, 9.17) is 14.2 Å². The fourth-order valence-electron chi connectivity index (χ4n) is 13.7. The Bertz CT molecular complexity index is 2950. The van der Waals surface area contributed by atoms with Gasteiger partial charge in [-0.05, 0) is 125 Å². The lowest BCUT2D eigenvalue weighted by Crippen LogP contribution is -2.60. The minimum Gasteiger partial charge on any atom is -0.445 e. The third-order valence-electron chi connectivity index (χ3n) is 19.7. The Morgan fingerprint density at radius 2 is 1.31 bits per heavy atom. The van der Waals surface area contributed by atoms with Crippen LogP contribution in [-0.2, 0) is 59.2 Å². The molecule has 2 fully saturated rings. The second-order valence-electron chi connectivity index (χ2n) is 28.1. The fraction of sp³-hybridized carbons (Fsp3) is 0.685. The molecule has 13 atom stereocenters. The van der Waals surface area contributed by atoms with Crippen LogP contribution in [0.4, 0.5) is 23.7 Å². The lowest BCUT2D eigenvalue weighted by molar-refractivity contribution is -0.161. The molecule has 13 unspecified atom stereocenters. The quantitative estimate of drug-likeness (QED) is 0.0271. The van der Waals surface area contributed by atoms with Crippen molar-refractivity contribution in [1.29, 1.82) is 0 Å². The molecule has 2 aromatic rings. The Balaban J connectivity index is 1.20. The number of ether oxygens (including phenoxy) is 3. The van der Waals surface area contributed by atoms with Crippen LogP contribution >= 0.6 is 0 Å². The summed E-state index contributed by atoms with van der Waals surface area (Å²) in [7, 11) is 6.07. The first-order valence-corrected chi connectivity index (χ1v) is 35.5. The molecule has 554 valence electrons. The molecule has 0 aliphatic carbocycles. The molecule has 0 aromatic heterocycles. The van der Waals surface area contributed by atoms with Gasteiger partial charge in [0, 0.05) is 59.2 Å². The summed E-state index contributed by atoms with van der Waals surface area (Å²) in [5, 5.41) is 25.0. The van der Waals surface area contributed by atoms with Crippen LogP contribution in [0.1, 0.15) is 170 Å². The zero-order valence-electron chi connectivity index (χ0n) is 60.7. The second-order valence-corrected chi connectivity index (χ2v) is 28.1. The first-order chi connectivity index (χ1) is 46.8. The maximum atomic E-state index is 14.9. The van der Waals surface area contributed by atoms with Gasteiger partial charge in [0.25, 0.3) is 11.8 Å². The van der Waals surface area contributed by atoms with Gasteiger partial charge in [-0.3, -0.25) is 53.5 Å². The molecule has 0 radical (unpaired) electrons. The van der Waals surface area contributed by atoms with Crippen molar-refractivity contribution in [3.63, 3.8) is 0 Å². The van der Waals surface area contributed by atoms with E-state index in [1.165, 1.54) is 26.2 Å². The molecule has 3 heterocycles. The van der Waals surface area contributed by atoms with Crippen molar-refractivity contribution in [3.8, 4) is 0 Å². The van der Waals surface area contributed by atoms with Gasteiger partial charge in [-0.25, -0.2) is 4.79 Å². The number of imide groups is 1. The number of methoxy groups -OCH3 is 2. The van der Waals surface area contributed by atoms with Crippen LogP contribution in [0.3, 0.4) is 0 Å². The summed E-state index contributed by atoms with van der Waals surface area (Å²) >= 11 is 0. The van der Waals surface area contributed by atoms with E-state index in [0.717, 1.165) is 49.4 Å². The van der Waals surface area contributed by atoms with Crippen molar-refractivity contribution in [2.24, 2.45) is 29.6 Å². The Hall–Kier alpha value is -7.00. The molecule has 3 aliphatic rings. The molecule has 26 heteroatoms. The van der Waals surface area contributed by atoms with E-state index in [0.29, 0.717) is 68.4 Å². The van der Waals surface area contributed by atoms with Crippen molar-refractivity contribution in [2.75, 3.05) is 66.4 Å². The zero-order chi connectivity index (χ0) is 73.4. The van der Waals surface area contributed by atoms with Gasteiger partial charge in [0.05, 0.1) is 54.8 Å². The van der Waals surface area contributed by atoms with Gasteiger partial charge < -0.3 is 55.3 Å². The molecular weight excluding hydrogens is 1280 g/mol. The van der Waals surface area contributed by atoms with Crippen molar-refractivity contribution in [3.05, 3.63) is 77.9 Å². The Morgan fingerprint density at radius 1 is 0.677 bits per heavy atom. The van der Waals surface area contributed by atoms with Crippen LogP contribution in [0.15, 0.2) is 66.7 Å². The van der Waals surface area contributed by atoms with E-state index in [1.807, 2.05) is 32.0 Å². The van der Waals surface area contributed by atoms with Crippen LogP contribution in [0.2, 0.25) is 0 Å². The molecule has 99 heavy (non-hydrogen) atoms. The summed E-state index contributed by atoms with van der Waals surface area (Å²) in [5.41, 5.74) is 1.52. The Morgan fingerprint density at radius 3 is 1.89 bits per heavy atom. The standard InChI is InChI=1S/C73H113F3N10O13/c1-15-48(8)64(56(97-13)43-60(89)85-42-26-30-55(85)66(98-14)49(9)67(91)77-50(10)65(90)52-27-19-16-20-28-52)82(11)71(95)62(46(4)5)81-70(94)63(47(6)7)83(12)72(96)99-44-51-32-34-53(35-33-51)78-68(92)54(29-25-40-84-38-22-18-23-39-84)79-69(93)61(45(2)3)80-57(73(74,75)76)31-21-17-24-41-86-58(87)36-37-59(86)88/h16,19-20,27-28,32-37,45-50,54-57,61-66,80,90H,15,17-18,21-26,29-31,38-44H2,1-14H3,(H,77,91)(H,78,92)(H,79,93)(H,81,94). The number of aliphatic hydroxyl groups excluding tert-OH is 1. The third-order valence-corrected chi connectivity index (χ3v) is 19.7. The summed E-state index contributed by atoms with van der Waals surface area (Å²) in [6.45, 7) is 20.5. The smallest absolute Gasteiger partial charge is 0.410 e. The van der Waals surface area contributed by atoms with Gasteiger partial charge >= 0.3 is 12.3 Å². The zero-order valence-corrected chi connectivity index (χ0v) is 60.7. The van der Waals surface area contributed by atoms with E-state index in [-0.39, 0.29) is 56.6 Å². The van der Waals surface area contributed by atoms with Gasteiger partial charge in [-0.1, -0.05) is 130 Å². The van der Waals surface area contributed by atoms with Crippen molar-refractivity contribution >= 4 is 59.0 Å². The largest absolute Gasteiger partial charge is 0.445 e. The number of aliphatic hydroxyl groups is 1. The van der Waals surface area contributed by atoms with E-state index < -0.39 is 138 Å². The highest BCUT2D eigenvalue weighted by Gasteiger charge is 2.45. The van der Waals surface area contributed by atoms with Gasteiger partial charge in [0.15, 0.2) is 0 Å². The Labute approximate surface area is 584 Å². The summed E-state index contributed by atoms with van der Waals surface area (Å²) in [6.07, 6.45) is 0.434. The molecule has 2 aromatic carbocycles. The molecule has 0 bridgehead atoms. The highest BCUT2D eigenvalue weighted by molar-refractivity contribution is 6.12. The molecular formula is C73H113F3N10O13. The number of nitrogens with zero attached hydrogens (tertiary/aromatic N) is 5. The van der Waals surface area contributed by atoms with Gasteiger partial charge in [-0.2, -0.15) is 13.2 Å². The number of carbonyl (C=O) groups excluding carboxylic acids is 9. The van der Waals surface area contributed by atoms with Gasteiger partial charge in [0.2, 0.25) is 35.4 Å². The van der Waals surface area contributed by atoms with Crippen LogP contribution in [0.5, 0.6) is 0 Å². The highest BCUT2D eigenvalue weighted by Crippen LogP contribution is 2.32. The molecule has 6 N–H and O–H groups in total. The molecule has 9 amide bonds. The van der Waals surface area contributed by atoms with Crippen LogP contribution < -0.4 is 26.6 Å². The normalized spacial score (nSPS) is 18.9. The first kappa shape index (κ1) is 82.7. The SMILES string of the molecule is CCC(C)C(C(CC(=O)N1CCCC1C(OC)C(C)C(=O)NC(C)C(O)c1ccccc1)OC)N(C)C(=O)C(NC(=O)C(C(C)C)N(C)C(=O)OCc1ccc(NC(=O)C(CCCN2CCCCC2)NC(=O)C(NC(CCCCCN2C(=O)C=CC2=O)C(F)(F)F)C(C)C)cc1)C(C)C. The molecule has 23 nitrogen and oxygen atoms in total. The number of benzene rings is 2. The number of likely N-dealkylation sites (tertiary alicyclic amines) is 2. The number of likely N-dealkylation sites (N-methyl/N-ethyl adjacent to an activating group) is 2. The number of hydrogen-bond donors (Lipinski definition) is 6. The number of carbonyl (C=O) groups is 9. The molecule has 3 aliphatic heterocycles. The van der Waals surface area contributed by atoms with E-state index in [1.54, 1.807) is 109 Å². The fourth-order valence-corrected chi connectivity index (χ4v) is 13.7. The third kappa shape index (κ3) is 24.1. The van der Waals surface area contributed by atoms with Gasteiger partial charge in [-0.15, -0.1) is 0 Å². The maximum absolute atomic E-state index is 14.9. The van der Waals surface area contributed by atoms with Crippen LogP contribution in [0, 0.1) is 29.6 Å². The Kier molecular flexibility index (Phi) is 33.3. The number of piperidine rings is 1. The minimum atomic E-state index is -4.71. The van der Waals surface area contributed by atoms with Crippen LogP contribution in [-0.4, -0.2) is 211 Å². The lowest BCUT2D eigenvalue weighted by Gasteiger charge is -2.41. The average Bonchev–Trinajstić information content (AvgIpc) is 1.80. The summed E-state index contributed by atoms with van der Waals surface area (Å²) in [6, 6.07) is 7.11. The highest BCUT2D eigenvalue weighted by atomic mass is 19.4. The van der Waals surface area contributed by atoms with Crippen LogP contribution in [0.25, 0.3) is 0 Å². The van der Waals surface area contributed by atoms with Crippen molar-refractivity contribution in [2.45, 2.75) is 232 Å². The number of rotatable bonds is 39. The lowest BCUT2D eigenvalue weighted by atomic mass is 9.89. The molecule has 5 rings (SSSR count). The summed E-state index contributed by atoms with van der Waals surface area (Å²) < 4.78 is 61.5. The predicted octanol–water partition coefficient (Wildman–Crippen LogP) is 8.30. The topological polar surface area (TPSA) is 278 Å². The van der Waals surface area contributed by atoms with Gasteiger partial charge in [0.1, 0.15) is 30.8 Å². The second kappa shape index (κ2) is 39.9. The number of alkyl halides is 3. The number of anilines is 1. The van der Waals surface area contributed by atoms with E-state index in [2.05, 4.69) is 31.5 Å². The number of halogens is 3. The predicted molar refractivity (Wildman–Crippen MR) is 371 cm³/mol. The van der Waals surface area contributed by atoms with Crippen molar-refractivity contribution < 1.29 is 75.6 Å². The molecule has 0 saturated carbocycles. The average molecular weight is 1400 g/mol. The maximum Gasteiger partial charge on any atom is 0.410 e.